The van der Waals surface area contributed by atoms with Gasteiger partial charge in [-0.3, -0.25) is 9.69 Å². The standard InChI is InChI=1S/C26H31N3O2S/c1-19-8-6-9-21(18-19)26(30)27-20(2)25(24-12-7-17-32-24)29-15-13-28(14-16-29)22-10-4-5-11-23(22)31-3/h4-12,17-18,20,25H,13-16H2,1-3H3,(H,27,30)/t20-,25-/m1/s1. The number of ether oxygens (including phenoxy) is 1. The number of benzene rings is 2. The van der Waals surface area contributed by atoms with Crippen LogP contribution >= 0.6 is 11.3 Å². The molecule has 1 saturated heterocycles. The summed E-state index contributed by atoms with van der Waals surface area (Å²) in [5.41, 5.74) is 2.94. The molecule has 1 aliphatic rings. The fraction of sp³-hybridized carbons (Fsp3) is 0.346. The summed E-state index contributed by atoms with van der Waals surface area (Å²) in [5.74, 6) is 0.893. The van der Waals surface area contributed by atoms with E-state index in [4.69, 9.17) is 4.74 Å². The van der Waals surface area contributed by atoms with Crippen LogP contribution in [0, 0.1) is 6.92 Å². The molecule has 2 aromatic carbocycles. The van der Waals surface area contributed by atoms with Gasteiger partial charge in [-0.2, -0.15) is 0 Å². The van der Waals surface area contributed by atoms with Gasteiger partial charge in [-0.25, -0.2) is 0 Å². The summed E-state index contributed by atoms with van der Waals surface area (Å²) in [7, 11) is 1.72. The summed E-state index contributed by atoms with van der Waals surface area (Å²) in [6.45, 7) is 7.80. The van der Waals surface area contributed by atoms with Gasteiger partial charge in [0.2, 0.25) is 0 Å². The Balaban J connectivity index is 1.47. The van der Waals surface area contributed by atoms with Gasteiger partial charge in [0, 0.05) is 42.7 Å². The first-order valence-corrected chi connectivity index (χ1v) is 12.0. The Bertz CT molecular complexity index is 1030. The van der Waals surface area contributed by atoms with Crippen LogP contribution in [0.15, 0.2) is 66.0 Å². The first-order valence-electron chi connectivity index (χ1n) is 11.1. The summed E-state index contributed by atoms with van der Waals surface area (Å²) in [5, 5.41) is 5.38. The second-order valence-electron chi connectivity index (χ2n) is 8.29. The van der Waals surface area contributed by atoms with Crippen molar-refractivity contribution in [1.29, 1.82) is 0 Å². The van der Waals surface area contributed by atoms with E-state index >= 15 is 0 Å². The topological polar surface area (TPSA) is 44.8 Å². The van der Waals surface area contributed by atoms with Crippen molar-refractivity contribution >= 4 is 22.9 Å². The van der Waals surface area contributed by atoms with Crippen LogP contribution in [0.5, 0.6) is 5.75 Å². The summed E-state index contributed by atoms with van der Waals surface area (Å²) in [4.78, 5) is 19.1. The first kappa shape index (κ1) is 22.4. The maximum Gasteiger partial charge on any atom is 0.251 e. The van der Waals surface area contributed by atoms with E-state index in [0.717, 1.165) is 43.2 Å². The van der Waals surface area contributed by atoms with Crippen LogP contribution in [-0.2, 0) is 0 Å². The molecule has 0 aliphatic carbocycles. The number of thiophene rings is 1. The molecule has 1 N–H and O–H groups in total. The summed E-state index contributed by atoms with van der Waals surface area (Å²) >= 11 is 1.76. The van der Waals surface area contributed by atoms with Gasteiger partial charge in [-0.05, 0) is 49.6 Å². The lowest BCUT2D eigenvalue weighted by Gasteiger charge is -2.42. The molecule has 2 atom stereocenters. The molecule has 4 rings (SSSR count). The van der Waals surface area contributed by atoms with E-state index in [0.29, 0.717) is 5.56 Å². The fourth-order valence-corrected chi connectivity index (χ4v) is 5.45. The van der Waals surface area contributed by atoms with Crippen LogP contribution in [0.25, 0.3) is 0 Å². The molecule has 0 radical (unpaired) electrons. The average molecular weight is 450 g/mol. The molecule has 5 nitrogen and oxygen atoms in total. The van der Waals surface area contributed by atoms with Gasteiger partial charge in [-0.1, -0.05) is 35.9 Å². The zero-order valence-corrected chi connectivity index (χ0v) is 19.8. The molecule has 6 heteroatoms. The number of methoxy groups -OCH3 is 1. The zero-order valence-electron chi connectivity index (χ0n) is 19.0. The predicted molar refractivity (Wildman–Crippen MR) is 132 cm³/mol. The van der Waals surface area contributed by atoms with Crippen LogP contribution in [0.2, 0.25) is 0 Å². The number of para-hydroxylation sites is 2. The number of hydrogen-bond donors (Lipinski definition) is 1. The van der Waals surface area contributed by atoms with E-state index in [1.165, 1.54) is 4.88 Å². The van der Waals surface area contributed by atoms with E-state index in [2.05, 4.69) is 51.7 Å². The maximum atomic E-state index is 12.9. The number of carbonyl (C=O) groups excluding carboxylic acids is 1. The number of rotatable bonds is 7. The monoisotopic (exact) mass is 449 g/mol. The van der Waals surface area contributed by atoms with Crippen LogP contribution in [-0.4, -0.2) is 50.1 Å². The Labute approximate surface area is 194 Å². The van der Waals surface area contributed by atoms with Crippen molar-refractivity contribution in [2.75, 3.05) is 38.2 Å². The maximum absolute atomic E-state index is 12.9. The highest BCUT2D eigenvalue weighted by atomic mass is 32.1. The van der Waals surface area contributed by atoms with E-state index in [1.54, 1.807) is 18.4 Å². The number of anilines is 1. The highest BCUT2D eigenvalue weighted by Gasteiger charge is 2.31. The Morgan fingerprint density at radius 2 is 1.81 bits per heavy atom. The number of carbonyl (C=O) groups is 1. The molecule has 0 unspecified atom stereocenters. The number of amides is 1. The van der Waals surface area contributed by atoms with Crippen molar-refractivity contribution in [3.8, 4) is 5.75 Å². The van der Waals surface area contributed by atoms with Crippen LogP contribution in [0.4, 0.5) is 5.69 Å². The number of nitrogens with zero attached hydrogens (tertiary/aromatic N) is 2. The van der Waals surface area contributed by atoms with Gasteiger partial charge in [0.1, 0.15) is 5.75 Å². The van der Waals surface area contributed by atoms with Crippen molar-refractivity contribution < 1.29 is 9.53 Å². The third-order valence-electron chi connectivity index (χ3n) is 6.08. The van der Waals surface area contributed by atoms with Gasteiger partial charge >= 0.3 is 0 Å². The molecule has 1 amide bonds. The highest BCUT2D eigenvalue weighted by molar-refractivity contribution is 7.10. The minimum atomic E-state index is -0.0181. The lowest BCUT2D eigenvalue weighted by atomic mass is 10.0. The molecule has 0 bridgehead atoms. The molecule has 32 heavy (non-hydrogen) atoms. The molecule has 168 valence electrons. The number of aryl methyl sites for hydroxylation is 1. The Kier molecular flexibility index (Phi) is 7.12. The van der Waals surface area contributed by atoms with E-state index in [-0.39, 0.29) is 18.0 Å². The van der Waals surface area contributed by atoms with Crippen molar-refractivity contribution in [2.24, 2.45) is 0 Å². The van der Waals surface area contributed by atoms with E-state index < -0.39 is 0 Å². The second kappa shape index (κ2) is 10.2. The van der Waals surface area contributed by atoms with Crippen LogP contribution in [0.3, 0.4) is 0 Å². The summed E-state index contributed by atoms with van der Waals surface area (Å²) in [6, 6.07) is 20.3. The molecule has 3 aromatic rings. The average Bonchev–Trinajstić information content (AvgIpc) is 3.34. The number of nitrogens with one attached hydrogen (secondary N) is 1. The molecule has 1 aromatic heterocycles. The SMILES string of the molecule is COc1ccccc1N1CCN([C@@H](c2cccs2)[C@@H](C)NC(=O)c2cccc(C)c2)CC1. The Hall–Kier alpha value is -2.83. The molecular formula is C26H31N3O2S. The van der Waals surface area contributed by atoms with Crippen LogP contribution < -0.4 is 15.0 Å². The van der Waals surface area contributed by atoms with Crippen molar-refractivity contribution in [2.45, 2.75) is 25.9 Å². The van der Waals surface area contributed by atoms with Gasteiger partial charge in [0.05, 0.1) is 18.8 Å². The summed E-state index contributed by atoms with van der Waals surface area (Å²) in [6.07, 6.45) is 0. The lowest BCUT2D eigenvalue weighted by molar-refractivity contribution is 0.0890. The van der Waals surface area contributed by atoms with Gasteiger partial charge in [0.15, 0.2) is 0 Å². The van der Waals surface area contributed by atoms with Gasteiger partial charge in [-0.15, -0.1) is 11.3 Å². The second-order valence-corrected chi connectivity index (χ2v) is 9.27. The molecular weight excluding hydrogens is 418 g/mol. The zero-order chi connectivity index (χ0) is 22.5. The lowest BCUT2D eigenvalue weighted by Crippen LogP contribution is -2.52. The molecule has 0 saturated carbocycles. The van der Waals surface area contributed by atoms with Crippen LogP contribution in [0.1, 0.15) is 33.8 Å². The minimum absolute atomic E-state index is 0.0144. The normalized spacial score (nSPS) is 16.4. The minimum Gasteiger partial charge on any atom is -0.495 e. The first-order chi connectivity index (χ1) is 15.6. The van der Waals surface area contributed by atoms with Crippen molar-refractivity contribution in [3.05, 3.63) is 82.0 Å². The number of piperazine rings is 1. The highest BCUT2D eigenvalue weighted by Crippen LogP contribution is 2.32. The van der Waals surface area contributed by atoms with Gasteiger partial charge in [0.25, 0.3) is 5.91 Å². The Morgan fingerprint density at radius 1 is 1.03 bits per heavy atom. The third kappa shape index (κ3) is 4.97. The van der Waals surface area contributed by atoms with E-state index in [9.17, 15) is 4.79 Å². The molecule has 1 fully saturated rings. The fourth-order valence-electron chi connectivity index (χ4n) is 4.49. The third-order valence-corrected chi connectivity index (χ3v) is 7.02. The smallest absolute Gasteiger partial charge is 0.251 e. The summed E-state index contributed by atoms with van der Waals surface area (Å²) < 4.78 is 5.56. The molecule has 1 aliphatic heterocycles. The molecule has 0 spiro atoms. The number of hydrogen-bond acceptors (Lipinski definition) is 5. The van der Waals surface area contributed by atoms with Gasteiger partial charge < -0.3 is 15.0 Å². The van der Waals surface area contributed by atoms with E-state index in [1.807, 2.05) is 43.3 Å². The van der Waals surface area contributed by atoms with Crippen molar-refractivity contribution in [3.63, 3.8) is 0 Å². The quantitative estimate of drug-likeness (QED) is 0.566. The molecule has 2 heterocycles. The predicted octanol–water partition coefficient (Wildman–Crippen LogP) is 4.75. The Morgan fingerprint density at radius 3 is 2.50 bits per heavy atom. The largest absolute Gasteiger partial charge is 0.495 e. The van der Waals surface area contributed by atoms with Crippen molar-refractivity contribution in [1.82, 2.24) is 10.2 Å².